The van der Waals surface area contributed by atoms with E-state index in [1.165, 1.54) is 16.7 Å². The van der Waals surface area contributed by atoms with E-state index in [4.69, 9.17) is 5.73 Å². The first-order valence-electron chi connectivity index (χ1n) is 4.76. The predicted molar refractivity (Wildman–Crippen MR) is 66.6 cm³/mol. The lowest BCUT2D eigenvalue weighted by Crippen LogP contribution is -2.26. The second-order valence-corrected chi connectivity index (χ2v) is 6.02. The zero-order chi connectivity index (χ0) is 10.3. The molecule has 0 saturated heterocycles. The van der Waals surface area contributed by atoms with Crippen molar-refractivity contribution in [1.82, 2.24) is 0 Å². The van der Waals surface area contributed by atoms with Gasteiger partial charge in [-0.2, -0.15) is 11.8 Å². The van der Waals surface area contributed by atoms with E-state index < -0.39 is 0 Å². The van der Waals surface area contributed by atoms with Crippen LogP contribution in [0.3, 0.4) is 0 Å². The highest BCUT2D eigenvalue weighted by Crippen LogP contribution is 2.40. The van der Waals surface area contributed by atoms with Gasteiger partial charge in [-0.1, -0.05) is 28.9 Å². The quantitative estimate of drug-likeness (QED) is 0.783. The van der Waals surface area contributed by atoms with Gasteiger partial charge in [-0.05, 0) is 29.7 Å². The summed E-state index contributed by atoms with van der Waals surface area (Å²) in [5.41, 5.74) is 10.3. The number of benzene rings is 1. The number of nitrogens with two attached hydrogens (primary N) is 1. The van der Waals surface area contributed by atoms with E-state index in [2.05, 4.69) is 41.9 Å². The molecule has 1 aliphatic rings. The molecule has 2 N–H and O–H groups in total. The van der Waals surface area contributed by atoms with Gasteiger partial charge in [-0.3, -0.25) is 0 Å². The maximum atomic E-state index is 6.21. The van der Waals surface area contributed by atoms with Crippen molar-refractivity contribution in [2.45, 2.75) is 30.9 Å². The van der Waals surface area contributed by atoms with Gasteiger partial charge in [0.15, 0.2) is 0 Å². The van der Waals surface area contributed by atoms with Gasteiger partial charge >= 0.3 is 0 Å². The molecule has 2 rings (SSSR count). The average molecular weight is 272 g/mol. The minimum atomic E-state index is 0.165. The third-order valence-electron chi connectivity index (χ3n) is 2.87. The van der Waals surface area contributed by atoms with Crippen LogP contribution in [0, 0.1) is 6.92 Å². The van der Waals surface area contributed by atoms with Crippen molar-refractivity contribution in [2.24, 2.45) is 5.73 Å². The molecule has 0 saturated carbocycles. The van der Waals surface area contributed by atoms with Gasteiger partial charge in [0, 0.05) is 21.5 Å². The van der Waals surface area contributed by atoms with E-state index in [0.29, 0.717) is 5.25 Å². The summed E-state index contributed by atoms with van der Waals surface area (Å²) in [6, 6.07) is 4.43. The average Bonchev–Trinajstić information content (AvgIpc) is 2.16. The van der Waals surface area contributed by atoms with Gasteiger partial charge in [0.1, 0.15) is 0 Å². The molecular weight excluding hydrogens is 258 g/mol. The van der Waals surface area contributed by atoms with Crippen LogP contribution in [-0.4, -0.2) is 5.25 Å². The first-order chi connectivity index (χ1) is 6.61. The van der Waals surface area contributed by atoms with Crippen molar-refractivity contribution in [1.29, 1.82) is 0 Å². The Morgan fingerprint density at radius 3 is 2.93 bits per heavy atom. The fourth-order valence-electron chi connectivity index (χ4n) is 1.85. The van der Waals surface area contributed by atoms with Crippen molar-refractivity contribution in [3.63, 3.8) is 0 Å². The highest BCUT2D eigenvalue weighted by molar-refractivity contribution is 9.10. The van der Waals surface area contributed by atoms with Crippen LogP contribution in [0.1, 0.15) is 29.7 Å². The molecule has 0 amide bonds. The van der Waals surface area contributed by atoms with Crippen LogP contribution in [0.2, 0.25) is 0 Å². The SMILES string of the molecule is Cc1ccc(Br)c2c1CSC(C)C2N. The third-order valence-corrected chi connectivity index (χ3v) is 4.83. The molecule has 2 unspecified atom stereocenters. The molecule has 0 spiro atoms. The fraction of sp³-hybridized carbons (Fsp3) is 0.455. The Balaban J connectivity index is 2.58. The summed E-state index contributed by atoms with van der Waals surface area (Å²) < 4.78 is 1.16. The minimum absolute atomic E-state index is 0.165. The molecule has 2 atom stereocenters. The topological polar surface area (TPSA) is 26.0 Å². The molecule has 1 aromatic carbocycles. The highest BCUT2D eigenvalue weighted by Gasteiger charge is 2.26. The van der Waals surface area contributed by atoms with Crippen LogP contribution in [0.15, 0.2) is 16.6 Å². The monoisotopic (exact) mass is 271 g/mol. The summed E-state index contributed by atoms with van der Waals surface area (Å²) in [6.07, 6.45) is 0. The van der Waals surface area contributed by atoms with E-state index in [0.717, 1.165) is 10.2 Å². The van der Waals surface area contributed by atoms with E-state index >= 15 is 0 Å². The number of halogens is 1. The van der Waals surface area contributed by atoms with Crippen molar-refractivity contribution in [3.8, 4) is 0 Å². The lowest BCUT2D eigenvalue weighted by Gasteiger charge is -2.30. The van der Waals surface area contributed by atoms with Gasteiger partial charge in [-0.15, -0.1) is 0 Å². The molecule has 76 valence electrons. The summed E-state index contributed by atoms with van der Waals surface area (Å²) in [5, 5.41) is 0.514. The summed E-state index contributed by atoms with van der Waals surface area (Å²) in [6.45, 7) is 4.36. The molecule has 1 aliphatic heterocycles. The summed E-state index contributed by atoms with van der Waals surface area (Å²) >= 11 is 5.54. The van der Waals surface area contributed by atoms with Gasteiger partial charge < -0.3 is 5.73 Å². The van der Waals surface area contributed by atoms with Crippen LogP contribution in [-0.2, 0) is 5.75 Å². The molecule has 0 aliphatic carbocycles. The Morgan fingerprint density at radius 2 is 2.21 bits per heavy atom. The zero-order valence-corrected chi connectivity index (χ0v) is 10.8. The summed E-state index contributed by atoms with van der Waals surface area (Å²) in [4.78, 5) is 0. The summed E-state index contributed by atoms with van der Waals surface area (Å²) in [5.74, 6) is 1.09. The Hall–Kier alpha value is 0.01000. The van der Waals surface area contributed by atoms with Gasteiger partial charge in [0.2, 0.25) is 0 Å². The first-order valence-corrected chi connectivity index (χ1v) is 6.60. The standard InChI is InChI=1S/C11H14BrNS/c1-6-3-4-9(12)10-8(6)5-14-7(2)11(10)13/h3-4,7,11H,5,13H2,1-2H3. The van der Waals surface area contributed by atoms with Crippen molar-refractivity contribution >= 4 is 27.7 Å². The molecule has 3 heteroatoms. The Labute approximate surface area is 97.6 Å². The smallest absolute Gasteiger partial charge is 0.0427 e. The van der Waals surface area contributed by atoms with E-state index in [1.54, 1.807) is 0 Å². The van der Waals surface area contributed by atoms with Gasteiger partial charge in [0.25, 0.3) is 0 Å². The van der Waals surface area contributed by atoms with Crippen LogP contribution in [0.25, 0.3) is 0 Å². The maximum absolute atomic E-state index is 6.21. The molecule has 14 heavy (non-hydrogen) atoms. The number of hydrogen-bond acceptors (Lipinski definition) is 2. The van der Waals surface area contributed by atoms with E-state index in [1.807, 2.05) is 11.8 Å². The largest absolute Gasteiger partial charge is 0.323 e. The predicted octanol–water partition coefficient (Wildman–Crippen LogP) is 3.39. The van der Waals surface area contributed by atoms with Crippen LogP contribution >= 0.6 is 27.7 Å². The van der Waals surface area contributed by atoms with Crippen molar-refractivity contribution in [2.75, 3.05) is 0 Å². The number of rotatable bonds is 0. The lowest BCUT2D eigenvalue weighted by molar-refractivity contribution is 0.693. The van der Waals surface area contributed by atoms with E-state index in [-0.39, 0.29) is 6.04 Å². The Morgan fingerprint density at radius 1 is 1.50 bits per heavy atom. The van der Waals surface area contributed by atoms with E-state index in [9.17, 15) is 0 Å². The minimum Gasteiger partial charge on any atom is -0.323 e. The van der Waals surface area contributed by atoms with Crippen molar-refractivity contribution in [3.05, 3.63) is 33.3 Å². The molecule has 1 heterocycles. The van der Waals surface area contributed by atoms with Crippen LogP contribution < -0.4 is 5.73 Å². The number of aryl methyl sites for hydroxylation is 1. The Bertz CT molecular complexity index is 365. The summed E-state index contributed by atoms with van der Waals surface area (Å²) in [7, 11) is 0. The number of thioether (sulfide) groups is 1. The zero-order valence-electron chi connectivity index (χ0n) is 8.38. The number of fused-ring (bicyclic) bond motifs is 1. The maximum Gasteiger partial charge on any atom is 0.0427 e. The highest BCUT2D eigenvalue weighted by atomic mass is 79.9. The molecule has 0 bridgehead atoms. The molecule has 0 fully saturated rings. The first kappa shape index (κ1) is 10.5. The van der Waals surface area contributed by atoms with Crippen LogP contribution in [0.4, 0.5) is 0 Å². The van der Waals surface area contributed by atoms with Crippen LogP contribution in [0.5, 0.6) is 0 Å². The number of hydrogen-bond donors (Lipinski definition) is 1. The third kappa shape index (κ3) is 1.62. The fourth-order valence-corrected chi connectivity index (χ4v) is 3.64. The molecule has 0 radical (unpaired) electrons. The normalized spacial score (nSPS) is 26.0. The molecular formula is C11H14BrNS. The lowest BCUT2D eigenvalue weighted by atomic mass is 9.96. The van der Waals surface area contributed by atoms with Gasteiger partial charge in [-0.25, -0.2) is 0 Å². The molecule has 0 aromatic heterocycles. The van der Waals surface area contributed by atoms with Gasteiger partial charge in [0.05, 0.1) is 0 Å². The molecule has 1 nitrogen and oxygen atoms in total. The van der Waals surface area contributed by atoms with Crippen molar-refractivity contribution < 1.29 is 0 Å². The Kier molecular flexibility index (Phi) is 2.91. The second kappa shape index (κ2) is 3.87. The molecule has 1 aromatic rings. The second-order valence-electron chi connectivity index (χ2n) is 3.80.